The summed E-state index contributed by atoms with van der Waals surface area (Å²) in [6, 6.07) is 9.89. The van der Waals surface area contributed by atoms with Crippen LogP contribution in [-0.4, -0.2) is 10.9 Å². The molecule has 3 heteroatoms. The predicted molar refractivity (Wildman–Crippen MR) is 76.5 cm³/mol. The molecule has 19 heavy (non-hydrogen) atoms. The van der Waals surface area contributed by atoms with Crippen LogP contribution in [0.5, 0.6) is 0 Å². The molecule has 1 aromatic heterocycles. The lowest BCUT2D eigenvalue weighted by molar-refractivity contribution is -0.116. The summed E-state index contributed by atoms with van der Waals surface area (Å²) in [6.07, 6.45) is 7.68. The Morgan fingerprint density at radius 3 is 2.79 bits per heavy atom. The first-order valence-corrected chi connectivity index (χ1v) is 6.24. The van der Waals surface area contributed by atoms with E-state index in [4.69, 9.17) is 0 Å². The van der Waals surface area contributed by atoms with Gasteiger partial charge in [-0.1, -0.05) is 30.4 Å². The van der Waals surface area contributed by atoms with Crippen LogP contribution in [-0.2, 0) is 11.3 Å². The summed E-state index contributed by atoms with van der Waals surface area (Å²) in [5.41, 5.74) is 4.17. The van der Waals surface area contributed by atoms with Crippen molar-refractivity contribution in [3.8, 4) is 0 Å². The minimum atomic E-state index is 0.0468. The Labute approximate surface area is 112 Å². The van der Waals surface area contributed by atoms with Gasteiger partial charge in [-0.15, -0.1) is 0 Å². The van der Waals surface area contributed by atoms with E-state index in [1.807, 2.05) is 42.6 Å². The second kappa shape index (κ2) is 4.69. The van der Waals surface area contributed by atoms with Gasteiger partial charge in [0.25, 0.3) is 0 Å². The Morgan fingerprint density at radius 2 is 1.95 bits per heavy atom. The monoisotopic (exact) mass is 250 g/mol. The summed E-state index contributed by atoms with van der Waals surface area (Å²) in [4.78, 5) is 17.9. The Balaban J connectivity index is 2.19. The average Bonchev–Trinajstić information content (AvgIpc) is 2.41. The number of carbonyl (C=O) groups is 1. The van der Waals surface area contributed by atoms with Crippen LogP contribution in [0.2, 0.25) is 0 Å². The quantitative estimate of drug-likeness (QED) is 0.719. The first-order chi connectivity index (χ1) is 9.25. The van der Waals surface area contributed by atoms with Crippen molar-refractivity contribution >= 4 is 23.7 Å². The maximum Gasteiger partial charge on any atom is 0.224 e. The molecule has 0 unspecified atom stereocenters. The molecular formula is C16H14N2O. The fraction of sp³-hybridized carbons (Fsp3) is 0.125. The average molecular weight is 250 g/mol. The fourth-order valence-electron chi connectivity index (χ4n) is 2.32. The van der Waals surface area contributed by atoms with Crippen molar-refractivity contribution in [3.63, 3.8) is 0 Å². The van der Waals surface area contributed by atoms with E-state index in [1.165, 1.54) is 0 Å². The number of anilines is 1. The third-order valence-electron chi connectivity index (χ3n) is 3.32. The maximum atomic E-state index is 11.9. The number of rotatable bonds is 0. The van der Waals surface area contributed by atoms with Gasteiger partial charge in [-0.2, -0.15) is 0 Å². The van der Waals surface area contributed by atoms with Crippen LogP contribution < -0.4 is 4.90 Å². The van der Waals surface area contributed by atoms with E-state index < -0.39 is 0 Å². The number of pyridine rings is 1. The smallest absolute Gasteiger partial charge is 0.224 e. The van der Waals surface area contributed by atoms with E-state index in [0.717, 1.165) is 22.4 Å². The highest BCUT2D eigenvalue weighted by atomic mass is 16.2. The van der Waals surface area contributed by atoms with Crippen LogP contribution in [0.4, 0.5) is 5.69 Å². The van der Waals surface area contributed by atoms with Crippen molar-refractivity contribution in [3.05, 3.63) is 59.4 Å². The van der Waals surface area contributed by atoms with Gasteiger partial charge in [0, 0.05) is 19.3 Å². The molecule has 1 aliphatic heterocycles. The van der Waals surface area contributed by atoms with Crippen molar-refractivity contribution in [1.82, 2.24) is 4.98 Å². The highest BCUT2D eigenvalue weighted by Gasteiger charge is 2.17. The third kappa shape index (κ3) is 2.15. The molecule has 1 aromatic carbocycles. The Morgan fingerprint density at radius 1 is 1.16 bits per heavy atom. The maximum absolute atomic E-state index is 11.9. The summed E-state index contributed by atoms with van der Waals surface area (Å²) in [6.45, 7) is 2.18. The molecule has 0 fully saturated rings. The molecule has 0 spiro atoms. The lowest BCUT2D eigenvalue weighted by atomic mass is 10.0. The van der Waals surface area contributed by atoms with Gasteiger partial charge in [-0.3, -0.25) is 9.78 Å². The highest BCUT2D eigenvalue weighted by molar-refractivity contribution is 5.95. The van der Waals surface area contributed by atoms with Crippen molar-refractivity contribution in [2.75, 3.05) is 4.90 Å². The number of aromatic nitrogens is 1. The van der Waals surface area contributed by atoms with Crippen LogP contribution in [0, 0.1) is 0 Å². The van der Waals surface area contributed by atoms with E-state index in [1.54, 1.807) is 18.0 Å². The fourth-order valence-corrected chi connectivity index (χ4v) is 2.32. The third-order valence-corrected chi connectivity index (χ3v) is 3.32. The van der Waals surface area contributed by atoms with E-state index in [-0.39, 0.29) is 5.91 Å². The van der Waals surface area contributed by atoms with Gasteiger partial charge in [0.1, 0.15) is 0 Å². The number of hydrogen-bond donors (Lipinski definition) is 0. The zero-order valence-corrected chi connectivity index (χ0v) is 10.7. The zero-order valence-electron chi connectivity index (χ0n) is 10.7. The lowest BCUT2D eigenvalue weighted by Gasteiger charge is -2.25. The van der Waals surface area contributed by atoms with Gasteiger partial charge >= 0.3 is 0 Å². The first kappa shape index (κ1) is 11.7. The topological polar surface area (TPSA) is 33.2 Å². The van der Waals surface area contributed by atoms with Gasteiger partial charge in [0.05, 0.1) is 12.2 Å². The molecule has 0 N–H and O–H groups in total. The van der Waals surface area contributed by atoms with E-state index in [0.29, 0.717) is 6.54 Å². The molecule has 0 radical (unpaired) electrons. The summed E-state index contributed by atoms with van der Waals surface area (Å²) in [7, 11) is 0. The Kier molecular flexibility index (Phi) is 2.88. The van der Waals surface area contributed by atoms with Crippen LogP contribution >= 0.6 is 0 Å². The van der Waals surface area contributed by atoms with Gasteiger partial charge in [-0.25, -0.2) is 0 Å². The number of amides is 1. The summed E-state index contributed by atoms with van der Waals surface area (Å²) in [5, 5.41) is 0. The number of carbonyl (C=O) groups excluding carboxylic acids is 1. The second-order valence-electron chi connectivity index (χ2n) is 4.57. The van der Waals surface area contributed by atoms with E-state index >= 15 is 0 Å². The molecule has 2 heterocycles. The number of nitrogens with zero attached hydrogens (tertiary/aromatic N) is 2. The molecule has 1 aliphatic rings. The molecule has 0 saturated heterocycles. The number of hydrogen-bond acceptors (Lipinski definition) is 2. The van der Waals surface area contributed by atoms with Gasteiger partial charge in [-0.05, 0) is 28.8 Å². The molecule has 3 nitrogen and oxygen atoms in total. The van der Waals surface area contributed by atoms with Crippen molar-refractivity contribution in [2.45, 2.75) is 13.5 Å². The molecule has 0 bridgehead atoms. The summed E-state index contributed by atoms with van der Waals surface area (Å²) < 4.78 is 0. The molecule has 0 atom stereocenters. The minimum absolute atomic E-state index is 0.0468. The molecule has 3 rings (SSSR count). The minimum Gasteiger partial charge on any atom is -0.308 e. The van der Waals surface area contributed by atoms with Crippen molar-refractivity contribution in [1.29, 1.82) is 0 Å². The van der Waals surface area contributed by atoms with E-state index in [2.05, 4.69) is 11.1 Å². The first-order valence-electron chi connectivity index (χ1n) is 6.24. The van der Waals surface area contributed by atoms with Gasteiger partial charge in [0.15, 0.2) is 0 Å². The largest absolute Gasteiger partial charge is 0.308 e. The van der Waals surface area contributed by atoms with Crippen molar-refractivity contribution < 1.29 is 4.79 Å². The highest BCUT2D eigenvalue weighted by Crippen LogP contribution is 2.28. The second-order valence-corrected chi connectivity index (χ2v) is 4.57. The number of fused-ring (bicyclic) bond motifs is 2. The molecular weight excluding hydrogens is 236 g/mol. The van der Waals surface area contributed by atoms with Gasteiger partial charge in [0.2, 0.25) is 5.91 Å². The molecule has 94 valence electrons. The summed E-state index contributed by atoms with van der Waals surface area (Å²) >= 11 is 0. The predicted octanol–water partition coefficient (Wildman–Crippen LogP) is 3.12. The summed E-state index contributed by atoms with van der Waals surface area (Å²) in [5.74, 6) is 0.0468. The van der Waals surface area contributed by atoms with Crippen LogP contribution in [0.1, 0.15) is 23.6 Å². The number of para-hydroxylation sites is 1. The molecule has 0 aliphatic carbocycles. The number of benzene rings is 1. The van der Waals surface area contributed by atoms with Crippen LogP contribution in [0.3, 0.4) is 0 Å². The molecule has 1 amide bonds. The van der Waals surface area contributed by atoms with Crippen LogP contribution in [0.15, 0.2) is 42.7 Å². The Bertz CT molecular complexity index is 661. The SMILES string of the molecule is CC(=O)N1Cc2ccncc2C=Cc2ccccc21. The Hall–Kier alpha value is -2.42. The standard InChI is InChI=1S/C16H14N2O/c1-12(19)18-11-15-8-9-17-10-14(15)7-6-13-4-2-3-5-16(13)18/h2-10H,11H2,1H3. The normalized spacial score (nSPS) is 13.2. The molecule has 2 aromatic rings. The zero-order chi connectivity index (χ0) is 13.2. The van der Waals surface area contributed by atoms with E-state index in [9.17, 15) is 4.79 Å². The van der Waals surface area contributed by atoms with Crippen molar-refractivity contribution in [2.24, 2.45) is 0 Å². The van der Waals surface area contributed by atoms with Gasteiger partial charge < -0.3 is 4.90 Å². The van der Waals surface area contributed by atoms with Crippen LogP contribution in [0.25, 0.3) is 12.2 Å². The molecule has 0 saturated carbocycles. The lowest BCUT2D eigenvalue weighted by Crippen LogP contribution is -2.29.